The molecule has 0 radical (unpaired) electrons. The minimum atomic E-state index is -0.142. The van der Waals surface area contributed by atoms with E-state index in [0.717, 1.165) is 58.4 Å². The monoisotopic (exact) mass is 454 g/mol. The molecule has 0 saturated heterocycles. The number of aliphatic hydroxyl groups excluding tert-OH is 1. The van der Waals surface area contributed by atoms with Crippen LogP contribution in [-0.2, 0) is 24.2 Å². The lowest BCUT2D eigenvalue weighted by Crippen LogP contribution is -2.31. The van der Waals surface area contributed by atoms with Gasteiger partial charge in [0.05, 0.1) is 25.0 Å². The van der Waals surface area contributed by atoms with Crippen molar-refractivity contribution in [3.63, 3.8) is 0 Å². The summed E-state index contributed by atoms with van der Waals surface area (Å²) in [7, 11) is 1.87. The van der Waals surface area contributed by atoms with Crippen LogP contribution in [0.4, 0.5) is 11.5 Å². The highest BCUT2D eigenvalue weighted by Crippen LogP contribution is 2.31. The zero-order valence-corrected chi connectivity index (χ0v) is 19.2. The number of aryl methyl sites for hydroxylation is 2. The van der Waals surface area contributed by atoms with E-state index in [4.69, 9.17) is 9.97 Å². The number of anilines is 2. The number of carbonyl (C=O) groups is 1. The summed E-state index contributed by atoms with van der Waals surface area (Å²) in [4.78, 5) is 33.0. The zero-order chi connectivity index (χ0) is 23.7. The quantitative estimate of drug-likeness (QED) is 0.460. The number of aliphatic hydroxyl groups is 1. The fourth-order valence-electron chi connectivity index (χ4n) is 4.37. The molecule has 0 bridgehead atoms. The standard InChI is InChI=1S/C26H26N6O2/c1-16-9-10-19(13-27-16)29-24(34)14-32(2)26-20-7-4-8-22(20)30-25(31-26)23-11-21-17(12-28-23)5-3-6-18(21)15-33/h3,5-6,9-13,33H,4,7-8,14-15H2,1-2H3,(H,29,34). The van der Waals surface area contributed by atoms with Gasteiger partial charge in [0.25, 0.3) is 0 Å². The molecule has 8 nitrogen and oxygen atoms in total. The van der Waals surface area contributed by atoms with Crippen molar-refractivity contribution in [1.82, 2.24) is 19.9 Å². The number of fused-ring (bicyclic) bond motifs is 2. The Morgan fingerprint density at radius 3 is 2.79 bits per heavy atom. The lowest BCUT2D eigenvalue weighted by Gasteiger charge is -2.21. The number of nitrogens with zero attached hydrogens (tertiary/aromatic N) is 5. The normalized spacial score (nSPS) is 12.6. The van der Waals surface area contributed by atoms with Crippen molar-refractivity contribution in [1.29, 1.82) is 0 Å². The van der Waals surface area contributed by atoms with E-state index in [1.54, 1.807) is 12.4 Å². The Kier molecular flexibility index (Phi) is 5.90. The summed E-state index contributed by atoms with van der Waals surface area (Å²) in [5, 5.41) is 14.5. The predicted molar refractivity (Wildman–Crippen MR) is 132 cm³/mol. The third-order valence-electron chi connectivity index (χ3n) is 6.10. The number of hydrogen-bond donors (Lipinski definition) is 2. The molecule has 2 N–H and O–H groups in total. The molecular formula is C26H26N6O2. The van der Waals surface area contributed by atoms with Gasteiger partial charge in [0.2, 0.25) is 5.91 Å². The number of likely N-dealkylation sites (N-methyl/N-ethyl adjacent to an activating group) is 1. The van der Waals surface area contributed by atoms with E-state index in [-0.39, 0.29) is 19.1 Å². The lowest BCUT2D eigenvalue weighted by atomic mass is 10.1. The van der Waals surface area contributed by atoms with Gasteiger partial charge >= 0.3 is 0 Å². The summed E-state index contributed by atoms with van der Waals surface area (Å²) in [6.07, 6.45) is 6.21. The third-order valence-corrected chi connectivity index (χ3v) is 6.10. The Morgan fingerprint density at radius 2 is 2.00 bits per heavy atom. The minimum absolute atomic E-state index is 0.0502. The molecule has 8 heteroatoms. The summed E-state index contributed by atoms with van der Waals surface area (Å²) < 4.78 is 0. The number of hydrogen-bond acceptors (Lipinski definition) is 7. The zero-order valence-electron chi connectivity index (χ0n) is 19.2. The highest BCUT2D eigenvalue weighted by molar-refractivity contribution is 5.94. The first-order valence-corrected chi connectivity index (χ1v) is 11.3. The number of pyridine rings is 2. The maximum atomic E-state index is 12.7. The van der Waals surface area contributed by atoms with E-state index in [1.165, 1.54) is 0 Å². The first-order chi connectivity index (χ1) is 16.5. The van der Waals surface area contributed by atoms with Gasteiger partial charge in [-0.25, -0.2) is 9.97 Å². The van der Waals surface area contributed by atoms with Gasteiger partial charge in [-0.3, -0.25) is 14.8 Å². The van der Waals surface area contributed by atoms with Crippen molar-refractivity contribution >= 4 is 28.2 Å². The molecule has 0 fully saturated rings. The second-order valence-electron chi connectivity index (χ2n) is 8.61. The van der Waals surface area contributed by atoms with E-state index < -0.39 is 0 Å². The van der Waals surface area contributed by atoms with Crippen LogP contribution in [0.2, 0.25) is 0 Å². The highest BCUT2D eigenvalue weighted by Gasteiger charge is 2.23. The predicted octanol–water partition coefficient (Wildman–Crippen LogP) is 3.45. The average Bonchev–Trinajstić information content (AvgIpc) is 3.33. The van der Waals surface area contributed by atoms with Crippen molar-refractivity contribution in [3.05, 3.63) is 71.3 Å². The van der Waals surface area contributed by atoms with Gasteiger partial charge in [-0.05, 0) is 55.3 Å². The Hall–Kier alpha value is -3.91. The molecule has 0 atom stereocenters. The third kappa shape index (κ3) is 4.32. The van der Waals surface area contributed by atoms with E-state index in [2.05, 4.69) is 15.3 Å². The molecule has 1 aliphatic rings. The summed E-state index contributed by atoms with van der Waals surface area (Å²) in [5.41, 5.74) is 5.14. The molecule has 0 saturated carbocycles. The van der Waals surface area contributed by atoms with Crippen LogP contribution in [0.1, 0.15) is 28.9 Å². The highest BCUT2D eigenvalue weighted by atomic mass is 16.3. The average molecular weight is 455 g/mol. The van der Waals surface area contributed by atoms with Gasteiger partial charge in [-0.2, -0.15) is 0 Å². The molecule has 1 aliphatic carbocycles. The second kappa shape index (κ2) is 9.15. The Balaban J connectivity index is 1.45. The van der Waals surface area contributed by atoms with Crippen LogP contribution in [0.25, 0.3) is 22.3 Å². The number of aromatic nitrogens is 4. The number of benzene rings is 1. The molecule has 3 heterocycles. The van der Waals surface area contributed by atoms with Crippen LogP contribution in [0, 0.1) is 6.92 Å². The van der Waals surface area contributed by atoms with Crippen molar-refractivity contribution in [2.75, 3.05) is 23.8 Å². The van der Waals surface area contributed by atoms with Crippen LogP contribution < -0.4 is 10.2 Å². The van der Waals surface area contributed by atoms with Crippen LogP contribution in [0.3, 0.4) is 0 Å². The van der Waals surface area contributed by atoms with E-state index >= 15 is 0 Å². The van der Waals surface area contributed by atoms with E-state index in [9.17, 15) is 9.90 Å². The first kappa shape index (κ1) is 21.9. The molecule has 4 aromatic rings. The molecule has 34 heavy (non-hydrogen) atoms. The molecule has 0 aliphatic heterocycles. The Labute approximate surface area is 197 Å². The van der Waals surface area contributed by atoms with Gasteiger partial charge in [0, 0.05) is 35.6 Å². The molecule has 0 spiro atoms. The van der Waals surface area contributed by atoms with Gasteiger partial charge in [-0.1, -0.05) is 18.2 Å². The van der Waals surface area contributed by atoms with Crippen molar-refractivity contribution in [2.24, 2.45) is 0 Å². The maximum absolute atomic E-state index is 12.7. The molecule has 172 valence electrons. The fourth-order valence-corrected chi connectivity index (χ4v) is 4.37. The van der Waals surface area contributed by atoms with E-state index in [0.29, 0.717) is 17.2 Å². The first-order valence-electron chi connectivity index (χ1n) is 11.3. The maximum Gasteiger partial charge on any atom is 0.243 e. The van der Waals surface area contributed by atoms with E-state index in [1.807, 2.05) is 55.3 Å². The summed E-state index contributed by atoms with van der Waals surface area (Å²) in [5.74, 6) is 1.14. The molecule has 5 rings (SSSR count). The number of nitrogens with one attached hydrogen (secondary N) is 1. The minimum Gasteiger partial charge on any atom is -0.392 e. The lowest BCUT2D eigenvalue weighted by molar-refractivity contribution is -0.114. The molecule has 1 amide bonds. The van der Waals surface area contributed by atoms with Crippen molar-refractivity contribution < 1.29 is 9.90 Å². The second-order valence-corrected chi connectivity index (χ2v) is 8.61. The van der Waals surface area contributed by atoms with Crippen LogP contribution in [-0.4, -0.2) is 44.5 Å². The summed E-state index contributed by atoms with van der Waals surface area (Å²) in [6.45, 7) is 2.00. The molecular weight excluding hydrogens is 428 g/mol. The van der Waals surface area contributed by atoms with Crippen molar-refractivity contribution in [3.8, 4) is 11.5 Å². The molecule has 3 aromatic heterocycles. The number of carbonyl (C=O) groups excluding carboxylic acids is 1. The largest absolute Gasteiger partial charge is 0.392 e. The molecule has 0 unspecified atom stereocenters. The van der Waals surface area contributed by atoms with Crippen molar-refractivity contribution in [2.45, 2.75) is 32.8 Å². The number of amides is 1. The molecule has 1 aromatic carbocycles. The summed E-state index contributed by atoms with van der Waals surface area (Å²) >= 11 is 0. The van der Waals surface area contributed by atoms with Gasteiger partial charge in [-0.15, -0.1) is 0 Å². The smallest absolute Gasteiger partial charge is 0.243 e. The Morgan fingerprint density at radius 1 is 1.12 bits per heavy atom. The Bertz CT molecular complexity index is 1370. The van der Waals surface area contributed by atoms with Gasteiger partial charge in [0.15, 0.2) is 5.82 Å². The fraction of sp³-hybridized carbons (Fsp3) is 0.269. The SMILES string of the molecule is Cc1ccc(NC(=O)CN(C)c2nc(-c3cc4c(CO)cccc4cn3)nc3c2CCC3)cn1. The topological polar surface area (TPSA) is 104 Å². The van der Waals surface area contributed by atoms with Crippen LogP contribution in [0.5, 0.6) is 0 Å². The van der Waals surface area contributed by atoms with Crippen LogP contribution >= 0.6 is 0 Å². The van der Waals surface area contributed by atoms with Crippen LogP contribution in [0.15, 0.2) is 48.8 Å². The van der Waals surface area contributed by atoms with Gasteiger partial charge < -0.3 is 15.3 Å². The number of rotatable bonds is 6. The summed E-state index contributed by atoms with van der Waals surface area (Å²) in [6, 6.07) is 11.4. The van der Waals surface area contributed by atoms with Gasteiger partial charge in [0.1, 0.15) is 11.5 Å².